The van der Waals surface area contributed by atoms with E-state index in [1.807, 2.05) is 6.07 Å². The van der Waals surface area contributed by atoms with Gasteiger partial charge in [-0.15, -0.1) is 0 Å². The molecule has 9 heteroatoms. The molecule has 4 rings (SSSR count). The number of hydrogen-bond acceptors (Lipinski definition) is 4. The van der Waals surface area contributed by atoms with Gasteiger partial charge in [0.05, 0.1) is 6.04 Å². The fraction of sp³-hybridized carbons (Fsp3) is 0.0833. The summed E-state index contributed by atoms with van der Waals surface area (Å²) in [6.45, 7) is 0. The van der Waals surface area contributed by atoms with Crippen LogP contribution in [0.2, 0.25) is 0 Å². The Kier molecular flexibility index (Phi) is 6.03. The third-order valence-corrected chi connectivity index (χ3v) is 4.94. The molecule has 0 saturated heterocycles. The smallest absolute Gasteiger partial charge is 0.341 e. The maximum Gasteiger partial charge on any atom is 0.431 e. The van der Waals surface area contributed by atoms with Crippen molar-refractivity contribution >= 4 is 5.91 Å². The lowest BCUT2D eigenvalue weighted by molar-refractivity contribution is -0.141. The van der Waals surface area contributed by atoms with Gasteiger partial charge < -0.3 is 10.3 Å². The summed E-state index contributed by atoms with van der Waals surface area (Å²) >= 11 is 0. The normalized spacial score (nSPS) is 12.2. The molecule has 166 valence electrons. The molecule has 6 nitrogen and oxygen atoms in total. The molecule has 0 aliphatic heterocycles. The first-order chi connectivity index (χ1) is 15.8. The monoisotopic (exact) mass is 450 g/mol. The first-order valence-electron chi connectivity index (χ1n) is 9.86. The van der Waals surface area contributed by atoms with Gasteiger partial charge in [0, 0.05) is 18.0 Å². The molecular formula is C24H17F3N4O2. The summed E-state index contributed by atoms with van der Waals surface area (Å²) < 4.78 is 38.5. The highest BCUT2D eigenvalue weighted by Crippen LogP contribution is 2.27. The number of pyridine rings is 1. The van der Waals surface area contributed by atoms with Gasteiger partial charge in [-0.1, -0.05) is 54.6 Å². The number of amides is 1. The topological polar surface area (TPSA) is 87.7 Å². The van der Waals surface area contributed by atoms with Gasteiger partial charge in [-0.2, -0.15) is 13.2 Å². The number of aromatic amines is 1. The Bertz CT molecular complexity index is 1310. The van der Waals surface area contributed by atoms with Crippen molar-refractivity contribution in [2.24, 2.45) is 0 Å². The predicted molar refractivity (Wildman–Crippen MR) is 115 cm³/mol. The lowest BCUT2D eigenvalue weighted by atomic mass is 9.97. The van der Waals surface area contributed by atoms with Crippen LogP contribution in [0.25, 0.3) is 11.4 Å². The van der Waals surface area contributed by atoms with E-state index in [1.54, 1.807) is 72.0 Å². The average Bonchev–Trinajstić information content (AvgIpc) is 2.83. The predicted octanol–water partition coefficient (Wildman–Crippen LogP) is 4.37. The Morgan fingerprint density at radius 2 is 1.48 bits per heavy atom. The lowest BCUT2D eigenvalue weighted by Crippen LogP contribution is -2.34. The van der Waals surface area contributed by atoms with E-state index in [9.17, 15) is 22.8 Å². The van der Waals surface area contributed by atoms with Crippen molar-refractivity contribution in [3.05, 3.63) is 118 Å². The highest BCUT2D eigenvalue weighted by Gasteiger charge is 2.32. The quantitative estimate of drug-likeness (QED) is 0.473. The molecule has 0 saturated carbocycles. The Hall–Kier alpha value is -4.27. The Labute approximate surface area is 186 Å². The molecule has 2 N–H and O–H groups in total. The van der Waals surface area contributed by atoms with Crippen molar-refractivity contribution in [3.63, 3.8) is 0 Å². The minimum absolute atomic E-state index is 0.418. The molecule has 0 radical (unpaired) electrons. The van der Waals surface area contributed by atoms with E-state index in [2.05, 4.69) is 15.3 Å². The van der Waals surface area contributed by atoms with Crippen LogP contribution >= 0.6 is 0 Å². The number of aromatic nitrogens is 3. The fourth-order valence-corrected chi connectivity index (χ4v) is 3.30. The number of halogens is 3. The van der Waals surface area contributed by atoms with E-state index in [-0.39, 0.29) is 0 Å². The van der Waals surface area contributed by atoms with E-state index in [0.29, 0.717) is 17.5 Å². The number of nitrogens with one attached hydrogen (secondary N) is 2. The van der Waals surface area contributed by atoms with Crippen LogP contribution in [0.1, 0.15) is 33.2 Å². The third kappa shape index (κ3) is 4.98. The lowest BCUT2D eigenvalue weighted by Gasteiger charge is -2.20. The van der Waals surface area contributed by atoms with E-state index in [1.165, 1.54) is 0 Å². The van der Waals surface area contributed by atoms with Gasteiger partial charge in [-0.3, -0.25) is 9.59 Å². The number of hydrogen-bond donors (Lipinski definition) is 2. The molecule has 2 heterocycles. The van der Waals surface area contributed by atoms with E-state index < -0.39 is 34.9 Å². The summed E-state index contributed by atoms with van der Waals surface area (Å²) in [5, 5.41) is 2.75. The van der Waals surface area contributed by atoms with Crippen molar-refractivity contribution in [3.8, 4) is 11.4 Å². The SMILES string of the molecule is O=C(NC(c1ccccc1)c1ccc(-c2ncccn2)cc1)c1ccc(C(F)(F)F)[nH]c1=O. The standard InChI is InChI=1S/C24H17F3N4O2/c25-24(26,27)19-12-11-18(22(32)30-19)23(33)31-20(15-5-2-1-3-6-15)16-7-9-17(10-8-16)21-28-13-4-14-29-21/h1-14,20H,(H,30,32)(H,31,33). The summed E-state index contributed by atoms with van der Waals surface area (Å²) in [6.07, 6.45) is -1.46. The number of carbonyl (C=O) groups excluding carboxylic acids is 1. The average molecular weight is 450 g/mol. The van der Waals surface area contributed by atoms with Crippen LogP contribution in [0.15, 0.2) is 90.0 Å². The summed E-state index contributed by atoms with van der Waals surface area (Å²) in [6, 6.07) is 18.8. The second-order valence-corrected chi connectivity index (χ2v) is 7.12. The first kappa shape index (κ1) is 21.9. The third-order valence-electron chi connectivity index (χ3n) is 4.94. The molecule has 0 fully saturated rings. The van der Waals surface area contributed by atoms with Gasteiger partial charge in [0.25, 0.3) is 11.5 Å². The van der Waals surface area contributed by atoms with Gasteiger partial charge in [-0.25, -0.2) is 9.97 Å². The molecule has 33 heavy (non-hydrogen) atoms. The number of alkyl halides is 3. The van der Waals surface area contributed by atoms with Gasteiger partial charge in [-0.05, 0) is 29.3 Å². The van der Waals surface area contributed by atoms with E-state index in [0.717, 1.165) is 17.2 Å². The van der Waals surface area contributed by atoms with Crippen molar-refractivity contribution in [1.29, 1.82) is 0 Å². The minimum Gasteiger partial charge on any atom is -0.341 e. The second-order valence-electron chi connectivity index (χ2n) is 7.12. The van der Waals surface area contributed by atoms with Crippen molar-refractivity contribution in [1.82, 2.24) is 20.3 Å². The summed E-state index contributed by atoms with van der Waals surface area (Å²) in [5.41, 5.74) is -0.543. The summed E-state index contributed by atoms with van der Waals surface area (Å²) in [7, 11) is 0. The first-order valence-corrected chi connectivity index (χ1v) is 9.86. The second kappa shape index (κ2) is 9.07. The van der Waals surface area contributed by atoms with Crippen molar-refractivity contribution in [2.45, 2.75) is 12.2 Å². The summed E-state index contributed by atoms with van der Waals surface area (Å²) in [4.78, 5) is 35.1. The zero-order valence-electron chi connectivity index (χ0n) is 17.0. The zero-order valence-corrected chi connectivity index (χ0v) is 17.0. The van der Waals surface area contributed by atoms with Gasteiger partial charge >= 0.3 is 6.18 Å². The van der Waals surface area contributed by atoms with E-state index >= 15 is 0 Å². The Morgan fingerprint density at radius 1 is 0.848 bits per heavy atom. The maximum atomic E-state index is 12.8. The molecule has 1 amide bonds. The largest absolute Gasteiger partial charge is 0.431 e. The zero-order chi connectivity index (χ0) is 23.4. The minimum atomic E-state index is -4.72. The molecule has 2 aromatic carbocycles. The molecule has 4 aromatic rings. The highest BCUT2D eigenvalue weighted by molar-refractivity contribution is 5.94. The van der Waals surface area contributed by atoms with Crippen molar-refractivity contribution < 1.29 is 18.0 Å². The van der Waals surface area contributed by atoms with Gasteiger partial charge in [0.2, 0.25) is 0 Å². The van der Waals surface area contributed by atoms with Crippen LogP contribution in [0.4, 0.5) is 13.2 Å². The van der Waals surface area contributed by atoms with Gasteiger partial charge in [0.15, 0.2) is 5.82 Å². The fourth-order valence-electron chi connectivity index (χ4n) is 3.30. The molecule has 0 bridgehead atoms. The number of H-pyrrole nitrogens is 1. The molecule has 0 aliphatic carbocycles. The van der Waals surface area contributed by atoms with E-state index in [4.69, 9.17) is 0 Å². The maximum absolute atomic E-state index is 12.8. The van der Waals surface area contributed by atoms with Gasteiger partial charge in [0.1, 0.15) is 11.3 Å². The van der Waals surface area contributed by atoms with Crippen LogP contribution < -0.4 is 10.9 Å². The number of benzene rings is 2. The van der Waals surface area contributed by atoms with Crippen LogP contribution in [0.5, 0.6) is 0 Å². The Balaban J connectivity index is 1.65. The molecule has 0 spiro atoms. The summed E-state index contributed by atoms with van der Waals surface area (Å²) in [5.74, 6) is -0.255. The van der Waals surface area contributed by atoms with Crippen molar-refractivity contribution in [2.75, 3.05) is 0 Å². The number of nitrogens with zero attached hydrogens (tertiary/aromatic N) is 2. The number of rotatable bonds is 5. The molecule has 1 unspecified atom stereocenters. The molecular weight excluding hydrogens is 433 g/mol. The number of carbonyl (C=O) groups is 1. The molecule has 1 atom stereocenters. The molecule has 2 aromatic heterocycles. The molecule has 0 aliphatic rings. The van der Waals surface area contributed by atoms with Crippen LogP contribution in [-0.2, 0) is 6.18 Å². The van der Waals surface area contributed by atoms with Crippen LogP contribution in [0, 0.1) is 0 Å². The van der Waals surface area contributed by atoms with Crippen LogP contribution in [0.3, 0.4) is 0 Å². The highest BCUT2D eigenvalue weighted by atomic mass is 19.4. The van der Waals surface area contributed by atoms with Crippen LogP contribution in [-0.4, -0.2) is 20.9 Å². The Morgan fingerprint density at radius 3 is 2.09 bits per heavy atom.